The first-order valence-electron chi connectivity index (χ1n) is 12.7. The first kappa shape index (κ1) is 20.5. The van der Waals surface area contributed by atoms with Gasteiger partial charge in [0.2, 0.25) is 0 Å². The highest BCUT2D eigenvalue weighted by Crippen LogP contribution is 2.74. The summed E-state index contributed by atoms with van der Waals surface area (Å²) in [7, 11) is 1.73. The molecule has 0 amide bonds. The Morgan fingerprint density at radius 2 is 1.38 bits per heavy atom. The van der Waals surface area contributed by atoms with E-state index >= 15 is 0 Å². The number of carbonyl (C=O) groups excluding carboxylic acids is 1. The molecular weight excluding hydrogens is 428 g/mol. The van der Waals surface area contributed by atoms with Crippen molar-refractivity contribution >= 4 is 11.9 Å². The highest BCUT2D eigenvalue weighted by molar-refractivity contribution is 5.92. The highest BCUT2D eigenvalue weighted by atomic mass is 16.5. The molecule has 176 valence electrons. The molecule has 7 fully saturated rings. The Balaban J connectivity index is 1.20. The third-order valence-corrected chi connectivity index (χ3v) is 10.3. The monoisotopic (exact) mass is 458 g/mol. The lowest BCUT2D eigenvalue weighted by Gasteiger charge is -2.72. The number of rotatable bonds is 5. The molecule has 0 unspecified atom stereocenters. The van der Waals surface area contributed by atoms with Crippen LogP contribution in [-0.4, -0.2) is 24.2 Å². The topological polar surface area (TPSA) is 72.8 Å². The lowest BCUT2D eigenvalue weighted by Crippen LogP contribution is -2.66. The molecule has 34 heavy (non-hydrogen) atoms. The number of ether oxygens (including phenoxy) is 2. The van der Waals surface area contributed by atoms with Crippen molar-refractivity contribution in [3.63, 3.8) is 0 Å². The standard InChI is InChI=1S/C29H30O5/c1-33-26-7-4-17(28(32)34-18-5-2-16(3-6-18)27(30)31)11-25(26)29-12-22-19-8-15-9-20(22)24(14-29)21(10-15)23(19)13-29/h2-7,11,15,19-24H,8-10,12-14H2,1H3,(H,30,31). The van der Waals surface area contributed by atoms with E-state index in [-0.39, 0.29) is 11.0 Å². The SMILES string of the molecule is COc1ccc(C(=O)Oc2ccc(C(=O)O)cc2)cc1C12CC3C4CC5CC3C(C1)C(C5)C4C2. The molecule has 0 spiro atoms. The number of carboxylic acid groups (broad SMARTS) is 1. The Morgan fingerprint density at radius 1 is 0.824 bits per heavy atom. The zero-order chi connectivity index (χ0) is 23.2. The van der Waals surface area contributed by atoms with E-state index in [4.69, 9.17) is 14.6 Å². The minimum absolute atomic E-state index is 0.110. The maximum atomic E-state index is 13.1. The molecule has 5 heteroatoms. The number of benzene rings is 2. The van der Waals surface area contributed by atoms with Crippen molar-refractivity contribution in [2.75, 3.05) is 7.11 Å². The molecule has 0 aliphatic heterocycles. The van der Waals surface area contributed by atoms with E-state index < -0.39 is 11.9 Å². The third-order valence-electron chi connectivity index (χ3n) is 10.3. The molecule has 7 aliphatic rings. The summed E-state index contributed by atoms with van der Waals surface area (Å²) in [5, 5.41) is 9.08. The van der Waals surface area contributed by atoms with Gasteiger partial charge in [0, 0.05) is 5.56 Å². The molecule has 5 nitrogen and oxygen atoms in total. The van der Waals surface area contributed by atoms with Crippen LogP contribution in [0.5, 0.6) is 11.5 Å². The van der Waals surface area contributed by atoms with Gasteiger partial charge in [0.05, 0.1) is 18.2 Å². The highest BCUT2D eigenvalue weighted by Gasteiger charge is 2.67. The summed E-state index contributed by atoms with van der Waals surface area (Å²) in [6.07, 6.45) is 8.07. The van der Waals surface area contributed by atoms with Gasteiger partial charge in [0.25, 0.3) is 0 Å². The van der Waals surface area contributed by atoms with Crippen LogP contribution in [0.1, 0.15) is 64.8 Å². The van der Waals surface area contributed by atoms with Crippen molar-refractivity contribution in [3.05, 3.63) is 59.2 Å². The van der Waals surface area contributed by atoms with Crippen molar-refractivity contribution in [1.29, 1.82) is 0 Å². The van der Waals surface area contributed by atoms with E-state index in [2.05, 4.69) is 0 Å². The van der Waals surface area contributed by atoms with Gasteiger partial charge in [0.15, 0.2) is 0 Å². The Kier molecular flexibility index (Phi) is 4.29. The normalized spacial score (nSPS) is 38.2. The second kappa shape index (κ2) is 7.10. The Morgan fingerprint density at radius 3 is 1.91 bits per heavy atom. The molecule has 1 N–H and O–H groups in total. The fourth-order valence-electron chi connectivity index (χ4n) is 9.32. The average molecular weight is 459 g/mol. The van der Waals surface area contributed by atoms with E-state index in [9.17, 15) is 9.59 Å². The first-order valence-corrected chi connectivity index (χ1v) is 12.7. The summed E-state index contributed by atoms with van der Waals surface area (Å²) in [6, 6.07) is 11.7. The average Bonchev–Trinajstić information content (AvgIpc) is 2.86. The van der Waals surface area contributed by atoms with Gasteiger partial charge in [-0.1, -0.05) is 0 Å². The summed E-state index contributed by atoms with van der Waals surface area (Å²) in [4.78, 5) is 24.1. The minimum atomic E-state index is -1.00. The van der Waals surface area contributed by atoms with Crippen molar-refractivity contribution in [1.82, 2.24) is 0 Å². The van der Waals surface area contributed by atoms with Crippen molar-refractivity contribution in [2.45, 2.75) is 43.9 Å². The van der Waals surface area contributed by atoms with Crippen molar-refractivity contribution < 1.29 is 24.2 Å². The van der Waals surface area contributed by atoms with Gasteiger partial charge in [-0.15, -0.1) is 0 Å². The molecule has 0 atom stereocenters. The van der Waals surface area contributed by atoms with Crippen LogP contribution in [-0.2, 0) is 5.41 Å². The summed E-state index contributed by atoms with van der Waals surface area (Å²) < 4.78 is 11.4. The van der Waals surface area contributed by atoms with Gasteiger partial charge in [0.1, 0.15) is 11.5 Å². The zero-order valence-corrected chi connectivity index (χ0v) is 19.4. The second-order valence-electron chi connectivity index (χ2n) is 11.6. The molecular formula is C29H30O5. The second-order valence-corrected chi connectivity index (χ2v) is 11.6. The molecule has 0 aromatic heterocycles. The maximum Gasteiger partial charge on any atom is 0.343 e. The number of carboxylic acids is 1. The van der Waals surface area contributed by atoms with Gasteiger partial charge < -0.3 is 14.6 Å². The van der Waals surface area contributed by atoms with E-state index in [1.54, 1.807) is 13.2 Å². The quantitative estimate of drug-likeness (QED) is 0.468. The summed E-state index contributed by atoms with van der Waals surface area (Å²) in [5.41, 5.74) is 1.99. The number of aromatic carboxylic acids is 1. The molecule has 0 radical (unpaired) electrons. The van der Waals surface area contributed by atoms with E-state index in [0.29, 0.717) is 11.3 Å². The lowest BCUT2D eigenvalue weighted by molar-refractivity contribution is -0.212. The van der Waals surface area contributed by atoms with Crippen LogP contribution in [0.2, 0.25) is 0 Å². The molecule has 0 saturated heterocycles. The van der Waals surface area contributed by atoms with Crippen LogP contribution in [0.15, 0.2) is 42.5 Å². The molecule has 7 aliphatic carbocycles. The van der Waals surface area contributed by atoms with E-state index in [0.717, 1.165) is 47.2 Å². The largest absolute Gasteiger partial charge is 0.496 e. The molecule has 7 saturated carbocycles. The smallest absolute Gasteiger partial charge is 0.343 e. The van der Waals surface area contributed by atoms with Gasteiger partial charge in [-0.3, -0.25) is 0 Å². The fraction of sp³-hybridized carbons (Fsp3) is 0.517. The van der Waals surface area contributed by atoms with E-state index in [1.807, 2.05) is 12.1 Å². The minimum Gasteiger partial charge on any atom is -0.496 e. The number of hydrogen-bond donors (Lipinski definition) is 1. The van der Waals surface area contributed by atoms with Crippen LogP contribution in [0.3, 0.4) is 0 Å². The van der Waals surface area contributed by atoms with Gasteiger partial charge in [-0.25, -0.2) is 9.59 Å². The van der Waals surface area contributed by atoms with E-state index in [1.165, 1.54) is 68.4 Å². The molecule has 9 rings (SSSR count). The Labute approximate surface area is 199 Å². The summed E-state index contributed by atoms with van der Waals surface area (Å²) in [6.45, 7) is 0. The van der Waals surface area contributed by atoms with Crippen molar-refractivity contribution in [3.8, 4) is 11.5 Å². The Hall–Kier alpha value is -2.82. The molecule has 0 heterocycles. The van der Waals surface area contributed by atoms with Crippen LogP contribution >= 0.6 is 0 Å². The van der Waals surface area contributed by atoms with Gasteiger partial charge in [-0.2, -0.15) is 0 Å². The summed E-state index contributed by atoms with van der Waals surface area (Å²) >= 11 is 0. The Bertz CT molecular complexity index is 1120. The van der Waals surface area contributed by atoms with Crippen LogP contribution in [0.25, 0.3) is 0 Å². The van der Waals surface area contributed by atoms with Gasteiger partial charge >= 0.3 is 11.9 Å². The van der Waals surface area contributed by atoms with Gasteiger partial charge in [-0.05, 0) is 128 Å². The predicted octanol–water partition coefficient (Wildman–Crippen LogP) is 5.57. The van der Waals surface area contributed by atoms with Crippen LogP contribution in [0, 0.1) is 41.4 Å². The third kappa shape index (κ3) is 2.79. The predicted molar refractivity (Wildman–Crippen MR) is 125 cm³/mol. The molecule has 8 bridgehead atoms. The summed E-state index contributed by atoms with van der Waals surface area (Å²) in [5.74, 6) is 6.13. The van der Waals surface area contributed by atoms with Crippen LogP contribution in [0.4, 0.5) is 0 Å². The lowest BCUT2D eigenvalue weighted by atomic mass is 9.32. The van der Waals surface area contributed by atoms with Crippen molar-refractivity contribution in [2.24, 2.45) is 41.4 Å². The molecule has 2 aromatic carbocycles. The number of carbonyl (C=O) groups is 2. The first-order chi connectivity index (χ1) is 16.5. The fourth-order valence-corrected chi connectivity index (χ4v) is 9.32. The maximum absolute atomic E-state index is 13.1. The number of esters is 1. The number of methoxy groups -OCH3 is 1. The number of hydrogen-bond acceptors (Lipinski definition) is 4. The zero-order valence-electron chi connectivity index (χ0n) is 19.4. The van der Waals surface area contributed by atoms with Crippen LogP contribution < -0.4 is 9.47 Å². The molecule has 2 aromatic rings.